The van der Waals surface area contributed by atoms with Crippen molar-refractivity contribution in [1.29, 1.82) is 0 Å². The molecule has 194 valence electrons. The number of hydrogen-bond donors (Lipinski definition) is 1. The minimum Gasteiger partial charge on any atom is -0.476 e. The maximum Gasteiger partial charge on any atom is 0.264 e. The van der Waals surface area contributed by atoms with Crippen molar-refractivity contribution < 1.29 is 17.9 Å². The third-order valence-corrected chi connectivity index (χ3v) is 8.82. The summed E-state index contributed by atoms with van der Waals surface area (Å²) in [6.07, 6.45) is 2.76. The Morgan fingerprint density at radius 3 is 2.41 bits per heavy atom. The first-order chi connectivity index (χ1) is 17.9. The van der Waals surface area contributed by atoms with E-state index in [2.05, 4.69) is 16.3 Å². The van der Waals surface area contributed by atoms with Crippen LogP contribution in [0.4, 0.5) is 5.69 Å². The van der Waals surface area contributed by atoms with Crippen LogP contribution in [0.25, 0.3) is 0 Å². The molecule has 1 N–H and O–H groups in total. The number of anilines is 1. The van der Waals surface area contributed by atoms with Gasteiger partial charge in [-0.3, -0.25) is 14.0 Å². The number of hydrogen-bond acceptors (Lipinski definition) is 5. The first-order valence-corrected chi connectivity index (χ1v) is 14.3. The Kier molecular flexibility index (Phi) is 7.48. The van der Waals surface area contributed by atoms with Gasteiger partial charge in [0.2, 0.25) is 0 Å². The largest absolute Gasteiger partial charge is 0.476 e. The maximum absolute atomic E-state index is 13.6. The van der Waals surface area contributed by atoms with Crippen LogP contribution in [-0.4, -0.2) is 45.0 Å². The van der Waals surface area contributed by atoms with Crippen molar-refractivity contribution >= 4 is 21.6 Å². The molecule has 2 aliphatic heterocycles. The Morgan fingerprint density at radius 1 is 0.946 bits per heavy atom. The van der Waals surface area contributed by atoms with Gasteiger partial charge in [-0.1, -0.05) is 55.0 Å². The van der Waals surface area contributed by atoms with E-state index in [0.717, 1.165) is 30.8 Å². The third-order valence-electron chi connectivity index (χ3n) is 7.02. The summed E-state index contributed by atoms with van der Waals surface area (Å²) in [7, 11) is -3.88. The minimum absolute atomic E-state index is 0.103. The fourth-order valence-electron chi connectivity index (χ4n) is 4.98. The van der Waals surface area contributed by atoms with Gasteiger partial charge in [0.25, 0.3) is 15.9 Å². The van der Waals surface area contributed by atoms with Gasteiger partial charge in [-0.15, -0.1) is 0 Å². The molecule has 3 aromatic rings. The van der Waals surface area contributed by atoms with E-state index in [1.54, 1.807) is 42.5 Å². The molecule has 3 aromatic carbocycles. The quantitative estimate of drug-likeness (QED) is 0.505. The number of likely N-dealkylation sites (tertiary alicyclic amines) is 1. The lowest BCUT2D eigenvalue weighted by atomic mass is 10.0. The van der Waals surface area contributed by atoms with E-state index in [9.17, 15) is 13.2 Å². The predicted molar refractivity (Wildman–Crippen MR) is 144 cm³/mol. The minimum atomic E-state index is -3.88. The molecule has 1 saturated heterocycles. The lowest BCUT2D eigenvalue weighted by Crippen LogP contribution is -2.50. The van der Waals surface area contributed by atoms with Crippen LogP contribution in [0.3, 0.4) is 0 Å². The Balaban J connectivity index is 1.34. The summed E-state index contributed by atoms with van der Waals surface area (Å²) in [6.45, 7) is 5.22. The van der Waals surface area contributed by atoms with E-state index in [0.29, 0.717) is 18.0 Å². The van der Waals surface area contributed by atoms with Crippen LogP contribution < -0.4 is 14.4 Å². The van der Waals surface area contributed by atoms with Crippen molar-refractivity contribution in [3.63, 3.8) is 0 Å². The molecule has 5 rings (SSSR count). The van der Waals surface area contributed by atoms with E-state index < -0.39 is 16.1 Å². The number of carbonyl (C=O) groups is 1. The van der Waals surface area contributed by atoms with Gasteiger partial charge in [0.1, 0.15) is 5.75 Å². The van der Waals surface area contributed by atoms with E-state index in [-0.39, 0.29) is 17.3 Å². The Hall–Kier alpha value is -3.36. The normalized spacial score (nSPS) is 18.1. The summed E-state index contributed by atoms with van der Waals surface area (Å²) in [5, 5.41) is 3.00. The van der Waals surface area contributed by atoms with Crippen LogP contribution in [0.2, 0.25) is 0 Å². The van der Waals surface area contributed by atoms with Crippen LogP contribution in [0.5, 0.6) is 5.75 Å². The summed E-state index contributed by atoms with van der Waals surface area (Å²) in [5.41, 5.74) is 3.61. The number of nitrogens with one attached hydrogen (secondary N) is 1. The summed E-state index contributed by atoms with van der Waals surface area (Å²) < 4.78 is 34.4. The van der Waals surface area contributed by atoms with Crippen LogP contribution in [0.15, 0.2) is 77.7 Å². The number of aryl methyl sites for hydroxylation is 1. The molecular weight excluding hydrogens is 486 g/mol. The van der Waals surface area contributed by atoms with E-state index >= 15 is 0 Å². The number of nitrogens with zero attached hydrogens (tertiary/aromatic N) is 2. The molecular formula is C29H33N3O4S. The molecule has 7 nitrogen and oxygen atoms in total. The van der Waals surface area contributed by atoms with E-state index in [1.807, 2.05) is 31.2 Å². The van der Waals surface area contributed by atoms with Crippen molar-refractivity contribution in [2.75, 3.05) is 23.9 Å². The summed E-state index contributed by atoms with van der Waals surface area (Å²) >= 11 is 0. The molecule has 1 unspecified atom stereocenters. The first-order valence-electron chi connectivity index (χ1n) is 12.8. The highest BCUT2D eigenvalue weighted by molar-refractivity contribution is 7.92. The Labute approximate surface area is 219 Å². The molecule has 0 radical (unpaired) electrons. The van der Waals surface area contributed by atoms with E-state index in [1.165, 1.54) is 29.1 Å². The summed E-state index contributed by atoms with van der Waals surface area (Å²) in [4.78, 5) is 15.9. The molecule has 8 heteroatoms. The highest BCUT2D eigenvalue weighted by atomic mass is 32.2. The number of ether oxygens (including phenoxy) is 1. The average Bonchev–Trinajstić information content (AvgIpc) is 2.92. The zero-order valence-electron chi connectivity index (χ0n) is 21.1. The second kappa shape index (κ2) is 10.9. The number of rotatable bonds is 7. The number of sulfonamides is 1. The van der Waals surface area contributed by atoms with Crippen molar-refractivity contribution in [1.82, 2.24) is 10.2 Å². The lowest BCUT2D eigenvalue weighted by molar-refractivity contribution is -0.127. The molecule has 1 fully saturated rings. The van der Waals surface area contributed by atoms with Gasteiger partial charge >= 0.3 is 0 Å². The van der Waals surface area contributed by atoms with Crippen LogP contribution in [0.1, 0.15) is 36.0 Å². The molecule has 1 atom stereocenters. The van der Waals surface area contributed by atoms with Gasteiger partial charge in [-0.25, -0.2) is 8.42 Å². The molecule has 0 saturated carbocycles. The topological polar surface area (TPSA) is 79.0 Å². The van der Waals surface area contributed by atoms with Crippen molar-refractivity contribution in [3.8, 4) is 5.75 Å². The number of amides is 1. The number of piperidine rings is 1. The number of benzene rings is 3. The molecule has 2 heterocycles. The van der Waals surface area contributed by atoms with Crippen molar-refractivity contribution in [2.24, 2.45) is 0 Å². The van der Waals surface area contributed by atoms with Gasteiger partial charge in [0.05, 0.1) is 17.1 Å². The Morgan fingerprint density at radius 2 is 1.65 bits per heavy atom. The molecule has 0 spiro atoms. The Bertz CT molecular complexity index is 1350. The number of carbonyl (C=O) groups excluding carboxylic acids is 1. The summed E-state index contributed by atoms with van der Waals surface area (Å²) in [5.74, 6) is 0.0459. The van der Waals surface area contributed by atoms with Crippen LogP contribution >= 0.6 is 0 Å². The van der Waals surface area contributed by atoms with Gasteiger partial charge in [-0.05, 0) is 73.8 Å². The smallest absolute Gasteiger partial charge is 0.264 e. The van der Waals surface area contributed by atoms with Crippen LogP contribution in [-0.2, 0) is 27.9 Å². The standard InChI is InChI=1S/C29H33N3O4S/c1-22-14-15-26-27(18-22)36-28(21-32(26)37(34,35)25-12-4-2-5-13-25)29(33)30-19-23-10-6-7-11-24(23)20-31-16-8-3-9-17-31/h2,4-7,10-15,18,28H,3,8-9,16-17,19-21H2,1H3,(H,30,33). The molecule has 2 aliphatic rings. The first kappa shape index (κ1) is 25.3. The van der Waals surface area contributed by atoms with E-state index in [4.69, 9.17) is 4.74 Å². The average molecular weight is 520 g/mol. The second-order valence-corrected chi connectivity index (χ2v) is 11.6. The fourth-order valence-corrected chi connectivity index (χ4v) is 6.48. The molecule has 1 amide bonds. The SMILES string of the molecule is Cc1ccc2c(c1)OC(C(=O)NCc1ccccc1CN1CCCCC1)CN2S(=O)(=O)c1ccccc1. The molecule has 0 aliphatic carbocycles. The van der Waals surface area contributed by atoms with Crippen LogP contribution in [0, 0.1) is 6.92 Å². The highest BCUT2D eigenvalue weighted by Gasteiger charge is 2.37. The monoisotopic (exact) mass is 519 g/mol. The van der Waals surface area contributed by atoms with Crippen molar-refractivity contribution in [3.05, 3.63) is 89.5 Å². The molecule has 37 heavy (non-hydrogen) atoms. The van der Waals surface area contributed by atoms with Gasteiger partial charge in [-0.2, -0.15) is 0 Å². The molecule has 0 bridgehead atoms. The highest BCUT2D eigenvalue weighted by Crippen LogP contribution is 2.37. The zero-order chi connectivity index (χ0) is 25.8. The fraction of sp³-hybridized carbons (Fsp3) is 0.345. The van der Waals surface area contributed by atoms with Gasteiger partial charge < -0.3 is 10.1 Å². The summed E-state index contributed by atoms with van der Waals surface area (Å²) in [6, 6.07) is 21.8. The van der Waals surface area contributed by atoms with Gasteiger partial charge in [0, 0.05) is 13.1 Å². The lowest BCUT2D eigenvalue weighted by Gasteiger charge is -2.35. The second-order valence-electron chi connectivity index (χ2n) is 9.75. The van der Waals surface area contributed by atoms with Crippen molar-refractivity contribution in [2.45, 2.75) is 50.3 Å². The van der Waals surface area contributed by atoms with Gasteiger partial charge in [0.15, 0.2) is 6.10 Å². The zero-order valence-corrected chi connectivity index (χ0v) is 21.9. The number of fused-ring (bicyclic) bond motifs is 1. The third kappa shape index (κ3) is 5.65. The maximum atomic E-state index is 13.6. The predicted octanol–water partition coefficient (Wildman–Crippen LogP) is 4.25. The molecule has 0 aromatic heterocycles.